The number of nitrogens with two attached hydrogens (primary N) is 2. The van der Waals surface area contributed by atoms with Crippen molar-refractivity contribution < 1.29 is 72.3 Å². The lowest BCUT2D eigenvalue weighted by Crippen LogP contribution is -2.10. The number of rotatable bonds is 12. The number of amides is 3. The molecule has 1 aliphatic carbocycles. The van der Waals surface area contributed by atoms with E-state index < -0.39 is 4.92 Å². The van der Waals surface area contributed by atoms with Gasteiger partial charge in [0.2, 0.25) is 17.7 Å². The lowest BCUT2D eigenvalue weighted by atomic mass is 9.95. The largest absolute Gasteiger partial charge is 0.497 e. The Morgan fingerprint density at radius 1 is 0.492 bits per heavy atom. The zero-order valence-electron chi connectivity index (χ0n) is 66.3. The van der Waals surface area contributed by atoms with E-state index in [1.807, 2.05) is 123 Å². The number of carbonyl (C=O) groups excluding carboxylic acids is 12. The highest BCUT2D eigenvalue weighted by atomic mass is 16.6. The first-order valence-corrected chi connectivity index (χ1v) is 35.6. The molecule has 8 aromatic carbocycles. The molecule has 1 aliphatic rings. The van der Waals surface area contributed by atoms with E-state index in [2.05, 4.69) is 140 Å². The number of benzene rings is 8. The molecule has 9 N–H and O–H groups in total. The number of aldehydes is 1. The van der Waals surface area contributed by atoms with E-state index in [-0.39, 0.29) is 60.2 Å². The van der Waals surface area contributed by atoms with Gasteiger partial charge in [-0.1, -0.05) is 109 Å². The molecule has 14 rings (SSSR count). The van der Waals surface area contributed by atoms with Crippen LogP contribution in [0, 0.1) is 43.2 Å². The second-order valence-electron chi connectivity index (χ2n) is 25.8. The van der Waals surface area contributed by atoms with Crippen molar-refractivity contribution in [3.8, 4) is 5.75 Å². The SMILES string of the molecule is CC(=O)Nc1ccc2ccc(C)cc2n1.CC(=O)Nc1ccc2ccc(CO)cc2n1.CN(C)Cc1cccc(CCc2ccc3ccc(N)nc3c2)c1.COc1ccc2ccc(NC(C)=O)nc2c1.Cc1ccc(C=O)c([N+](=O)[O-])c1.Cc1ccc2c(c1)CC(=N)C=C2.Cc1ccc2ccc(N)nc2c1.O=C=O.O=C=O.O=C=O.O=C=O. The highest BCUT2D eigenvalue weighted by Crippen LogP contribution is 2.25. The van der Waals surface area contributed by atoms with Gasteiger partial charge in [0.05, 0.1) is 51.8 Å². The summed E-state index contributed by atoms with van der Waals surface area (Å²) in [7, 11) is 5.81. The van der Waals surface area contributed by atoms with Crippen molar-refractivity contribution in [1.29, 1.82) is 5.41 Å². The normalized spacial score (nSPS) is 10.1. The summed E-state index contributed by atoms with van der Waals surface area (Å²) in [6.45, 7) is 13.2. The number of pyridine rings is 5. The minimum absolute atomic E-state index is 0.0119. The summed E-state index contributed by atoms with van der Waals surface area (Å²) in [6.07, 6.45) is 8.20. The molecule has 0 radical (unpaired) electrons. The van der Waals surface area contributed by atoms with Gasteiger partial charge in [-0.05, 0) is 214 Å². The number of anilines is 5. The van der Waals surface area contributed by atoms with Gasteiger partial charge in [0.25, 0.3) is 5.69 Å². The van der Waals surface area contributed by atoms with Gasteiger partial charge in [0.1, 0.15) is 34.8 Å². The van der Waals surface area contributed by atoms with Crippen LogP contribution in [0.2, 0.25) is 0 Å². The summed E-state index contributed by atoms with van der Waals surface area (Å²) in [5, 5.41) is 40.2. The average molecular weight is 1590 g/mol. The molecule has 0 fully saturated rings. The Hall–Kier alpha value is -15.5. The van der Waals surface area contributed by atoms with Crippen LogP contribution < -0.4 is 32.2 Å². The van der Waals surface area contributed by atoms with Crippen molar-refractivity contribution >= 4 is 150 Å². The highest BCUT2D eigenvalue weighted by Gasteiger charge is 2.13. The number of hydrogen-bond donors (Lipinski definition) is 7. The first-order valence-electron chi connectivity index (χ1n) is 35.6. The molecule has 0 saturated heterocycles. The first-order chi connectivity index (χ1) is 56.4. The maximum Gasteiger partial charge on any atom is 0.373 e. The van der Waals surface area contributed by atoms with Gasteiger partial charge < -0.3 is 47.6 Å². The standard InChI is InChI=1S/C20H23N3.2C12H12N2O2.C12H12N2O.C11H11N.C10H10N2.C8H7NO3.4CO2/c1-23(2)14-17-5-3-4-15(12-17)6-7-16-8-9-18-10-11-20(21)22-19(18)13-16;1-8(15)13-12-6-4-9-3-5-10(16-2)7-11(9)14-12;1-8(16)13-12-5-4-10-3-2-9(7-15)6-11(10)14-12;1-8-3-4-10-5-6-12(13-9(2)15)14-11(10)7-8;1-8-2-3-9-4-5-11(12)7-10(9)6-8;1-7-2-3-8-4-5-10(11)12-9(8)6-7;1-6-2-3-7(5-10)8(4-6)9(11)12;4*2-1-3/h3-5,8-13H,6-7,14H2,1-2H3,(H2,21,22);3-7H,1-2H3,(H,13,14,15);2-6,15H,7H2,1H3,(H,13,14,16);3-7H,1-2H3,(H,13,14,15);2-6,12H,7H2,1H3;2-6H,1H3,(H2,11,12);2-5H,1H3;;;;. The second-order valence-corrected chi connectivity index (χ2v) is 25.8. The molecule has 5 aromatic heterocycles. The lowest BCUT2D eigenvalue weighted by molar-refractivity contribution is -0.385. The van der Waals surface area contributed by atoms with Gasteiger partial charge in [0, 0.05) is 78.5 Å². The van der Waals surface area contributed by atoms with E-state index in [9.17, 15) is 29.3 Å². The highest BCUT2D eigenvalue weighted by molar-refractivity contribution is 6.00. The molecule has 3 amide bonds. The third-order valence-electron chi connectivity index (χ3n) is 16.1. The number of aryl methyl sites for hydroxylation is 6. The second kappa shape index (κ2) is 50.5. The van der Waals surface area contributed by atoms with Crippen molar-refractivity contribution in [3.05, 3.63) is 290 Å². The van der Waals surface area contributed by atoms with Crippen LogP contribution in [-0.2, 0) is 85.2 Å². The molecule has 13 aromatic rings. The monoisotopic (exact) mass is 1590 g/mol. The summed E-state index contributed by atoms with van der Waals surface area (Å²) in [4.78, 5) is 142. The number of nitrogen functional groups attached to an aromatic ring is 2. The Balaban J connectivity index is 0.000000286. The minimum atomic E-state index is -0.559. The van der Waals surface area contributed by atoms with Gasteiger partial charge in [-0.15, -0.1) is 0 Å². The summed E-state index contributed by atoms with van der Waals surface area (Å²) in [5.41, 5.74) is 28.2. The third kappa shape index (κ3) is 34.3. The molecule has 0 atom stereocenters. The van der Waals surface area contributed by atoms with Crippen molar-refractivity contribution in [3.63, 3.8) is 0 Å². The van der Waals surface area contributed by atoms with Crippen molar-refractivity contribution in [2.24, 2.45) is 0 Å². The fourth-order valence-corrected chi connectivity index (χ4v) is 11.0. The number of aliphatic hydroxyl groups is 1. The molecule has 604 valence electrons. The molecule has 0 aliphatic heterocycles. The van der Waals surface area contributed by atoms with Crippen LogP contribution in [0.3, 0.4) is 0 Å². The Morgan fingerprint density at radius 3 is 1.32 bits per heavy atom. The Labute approximate surface area is 678 Å². The van der Waals surface area contributed by atoms with Crippen molar-refractivity contribution in [2.45, 2.75) is 80.9 Å². The molecule has 0 spiro atoms. The number of ether oxygens (including phenoxy) is 1. The fourth-order valence-electron chi connectivity index (χ4n) is 11.0. The maximum absolute atomic E-state index is 10.9. The van der Waals surface area contributed by atoms with E-state index in [1.165, 1.54) is 71.8 Å². The first kappa shape index (κ1) is 94.9. The molecule has 29 heteroatoms. The molecule has 0 saturated carbocycles. The number of nitro benzene ring substituents is 1. The summed E-state index contributed by atoms with van der Waals surface area (Å²) < 4.78 is 5.12. The summed E-state index contributed by atoms with van der Waals surface area (Å²) in [6, 6.07) is 68.3. The third-order valence-corrected chi connectivity index (χ3v) is 16.1. The quantitative estimate of drug-likeness (QED) is 0.0339. The van der Waals surface area contributed by atoms with Crippen LogP contribution in [0.5, 0.6) is 5.75 Å². The van der Waals surface area contributed by atoms with E-state index in [0.29, 0.717) is 41.1 Å². The Morgan fingerprint density at radius 2 is 0.864 bits per heavy atom. The summed E-state index contributed by atoms with van der Waals surface area (Å²) >= 11 is 0. The van der Waals surface area contributed by atoms with Crippen molar-refractivity contribution in [1.82, 2.24) is 29.8 Å². The average Bonchev–Trinajstić information content (AvgIpc) is 0.840. The van der Waals surface area contributed by atoms with E-state index >= 15 is 0 Å². The predicted octanol–water partition coefficient (Wildman–Crippen LogP) is 14.1. The van der Waals surface area contributed by atoms with Crippen LogP contribution in [0.15, 0.2) is 218 Å². The number of nitro groups is 1. The van der Waals surface area contributed by atoms with E-state index in [4.69, 9.17) is 65.1 Å². The Bertz CT molecular complexity index is 5630. The van der Waals surface area contributed by atoms with Crippen LogP contribution in [0.25, 0.3) is 60.6 Å². The summed E-state index contributed by atoms with van der Waals surface area (Å²) in [5.74, 6) is 3.19. The zero-order valence-corrected chi connectivity index (χ0v) is 66.3. The molecule has 29 nitrogen and oxygen atoms in total. The van der Waals surface area contributed by atoms with Gasteiger partial charge >= 0.3 is 24.6 Å². The number of nitrogens with one attached hydrogen (secondary N) is 4. The molecule has 118 heavy (non-hydrogen) atoms. The molecular weight excluding hydrogens is 1510 g/mol. The van der Waals surface area contributed by atoms with Crippen LogP contribution in [0.4, 0.5) is 34.8 Å². The minimum Gasteiger partial charge on any atom is -0.497 e. The zero-order chi connectivity index (χ0) is 87.2. The number of carbonyl (C=O) groups is 4. The van der Waals surface area contributed by atoms with Crippen LogP contribution in [-0.4, -0.2) is 115 Å². The maximum atomic E-state index is 10.9. The van der Waals surface area contributed by atoms with Crippen LogP contribution in [0.1, 0.15) is 86.8 Å². The predicted molar refractivity (Wildman–Crippen MR) is 449 cm³/mol. The number of methoxy groups -OCH3 is 1. The number of aliphatic hydroxyl groups excluding tert-OH is 1. The lowest BCUT2D eigenvalue weighted by Gasteiger charge is -2.11. The number of hydrogen-bond acceptors (Lipinski definition) is 25. The number of aromatic nitrogens is 5. The topological polar surface area (TPSA) is 457 Å². The Kier molecular flexibility index (Phi) is 40.6. The van der Waals surface area contributed by atoms with Crippen LogP contribution >= 0.6 is 0 Å². The fraction of sp³-hybridized carbons (Fsp3) is 0.169. The molecule has 0 unspecified atom stereocenters. The van der Waals surface area contributed by atoms with Gasteiger partial charge in [-0.25, -0.2) is 24.9 Å². The van der Waals surface area contributed by atoms with Gasteiger partial charge in [-0.3, -0.25) is 29.3 Å². The van der Waals surface area contributed by atoms with E-state index in [1.54, 1.807) is 44.4 Å². The smallest absolute Gasteiger partial charge is 0.373 e. The molecular formula is C89H87N13O16. The number of fused-ring (bicyclic) bond motifs is 6. The number of nitrogens with zero attached hydrogens (tertiary/aromatic N) is 7. The van der Waals surface area contributed by atoms with Gasteiger partial charge in [0.15, 0.2) is 6.29 Å². The number of allylic oxidation sites excluding steroid dienone is 1. The van der Waals surface area contributed by atoms with Gasteiger partial charge in [-0.2, -0.15) is 38.4 Å². The molecule has 5 heterocycles. The van der Waals surface area contributed by atoms with Crippen molar-refractivity contribution in [2.75, 3.05) is 48.6 Å². The van der Waals surface area contributed by atoms with E-state index in [0.717, 1.165) is 103 Å². The molecule has 0 bridgehead atoms.